The minimum atomic E-state index is -0.550. The molecule has 2 rings (SSSR count). The standard InChI is InChI=1S/C24H32N2O3S/c1-17(2)25-24(28)19(4)26(16-20-8-10-21(29-5)11-9-20)23(27)14-15-30-22-12-6-18(3)7-13-22/h6-13,17,19H,14-16H2,1-5H3,(H,25,28)/t19-/m1/s1. The van der Waals surface area contributed by atoms with Crippen LogP contribution in [-0.4, -0.2) is 41.7 Å². The maximum absolute atomic E-state index is 13.1. The Kier molecular flexibility index (Phi) is 9.24. The summed E-state index contributed by atoms with van der Waals surface area (Å²) >= 11 is 1.65. The van der Waals surface area contributed by atoms with E-state index < -0.39 is 6.04 Å². The Balaban J connectivity index is 2.06. The lowest BCUT2D eigenvalue weighted by atomic mass is 10.1. The minimum absolute atomic E-state index is 0.0231. The van der Waals surface area contributed by atoms with Crippen LogP contribution in [0.15, 0.2) is 53.4 Å². The molecule has 30 heavy (non-hydrogen) atoms. The third-order valence-corrected chi connectivity index (χ3v) is 5.73. The molecule has 0 aliphatic carbocycles. The van der Waals surface area contributed by atoms with Crippen molar-refractivity contribution in [2.24, 2.45) is 0 Å². The molecule has 6 heteroatoms. The third-order valence-electron chi connectivity index (χ3n) is 4.72. The van der Waals surface area contributed by atoms with Gasteiger partial charge < -0.3 is 15.0 Å². The molecule has 0 aromatic heterocycles. The fourth-order valence-electron chi connectivity index (χ4n) is 2.95. The summed E-state index contributed by atoms with van der Waals surface area (Å²) in [6, 6.07) is 15.3. The van der Waals surface area contributed by atoms with Crippen LogP contribution in [0.3, 0.4) is 0 Å². The molecule has 0 saturated heterocycles. The normalized spacial score (nSPS) is 11.8. The predicted octanol–water partition coefficient (Wildman–Crippen LogP) is 4.43. The van der Waals surface area contributed by atoms with Crippen molar-refractivity contribution in [1.29, 1.82) is 0 Å². The number of aryl methyl sites for hydroxylation is 1. The van der Waals surface area contributed by atoms with Gasteiger partial charge in [0, 0.05) is 29.7 Å². The SMILES string of the molecule is COc1ccc(CN(C(=O)CCSc2ccc(C)cc2)[C@H](C)C(=O)NC(C)C)cc1. The average Bonchev–Trinajstić information content (AvgIpc) is 2.72. The second kappa shape index (κ2) is 11.6. The first-order valence-electron chi connectivity index (χ1n) is 10.2. The second-order valence-electron chi connectivity index (χ2n) is 7.62. The molecule has 0 unspecified atom stereocenters. The highest BCUT2D eigenvalue weighted by Gasteiger charge is 2.26. The molecule has 2 aromatic carbocycles. The van der Waals surface area contributed by atoms with Crippen molar-refractivity contribution in [2.45, 2.75) is 57.6 Å². The van der Waals surface area contributed by atoms with Gasteiger partial charge in [0.15, 0.2) is 0 Å². The third kappa shape index (κ3) is 7.41. The highest BCUT2D eigenvalue weighted by molar-refractivity contribution is 7.99. The highest BCUT2D eigenvalue weighted by atomic mass is 32.2. The fraction of sp³-hybridized carbons (Fsp3) is 0.417. The number of nitrogens with zero attached hydrogens (tertiary/aromatic N) is 1. The molecule has 0 radical (unpaired) electrons. The number of carbonyl (C=O) groups is 2. The van der Waals surface area contributed by atoms with Crippen LogP contribution in [0.2, 0.25) is 0 Å². The van der Waals surface area contributed by atoms with Crippen LogP contribution in [0.25, 0.3) is 0 Å². The number of hydrogen-bond acceptors (Lipinski definition) is 4. The Morgan fingerprint density at radius 1 is 1.03 bits per heavy atom. The smallest absolute Gasteiger partial charge is 0.242 e. The number of rotatable bonds is 10. The minimum Gasteiger partial charge on any atom is -0.497 e. The largest absolute Gasteiger partial charge is 0.497 e. The molecule has 0 spiro atoms. The lowest BCUT2D eigenvalue weighted by molar-refractivity contribution is -0.140. The van der Waals surface area contributed by atoms with Crippen LogP contribution in [0.5, 0.6) is 5.75 Å². The van der Waals surface area contributed by atoms with Crippen LogP contribution < -0.4 is 10.1 Å². The van der Waals surface area contributed by atoms with Crippen molar-refractivity contribution in [3.05, 3.63) is 59.7 Å². The molecule has 1 atom stereocenters. The van der Waals surface area contributed by atoms with E-state index in [1.165, 1.54) is 5.56 Å². The van der Waals surface area contributed by atoms with Gasteiger partial charge in [0.05, 0.1) is 7.11 Å². The summed E-state index contributed by atoms with van der Waals surface area (Å²) in [6.45, 7) is 8.05. The molecule has 0 aliphatic heterocycles. The molecule has 0 aliphatic rings. The Bertz CT molecular complexity index is 819. The zero-order valence-corrected chi connectivity index (χ0v) is 19.3. The van der Waals surface area contributed by atoms with Gasteiger partial charge in [-0.2, -0.15) is 0 Å². The van der Waals surface area contributed by atoms with E-state index in [-0.39, 0.29) is 17.9 Å². The van der Waals surface area contributed by atoms with Crippen LogP contribution >= 0.6 is 11.8 Å². The van der Waals surface area contributed by atoms with Crippen molar-refractivity contribution in [2.75, 3.05) is 12.9 Å². The van der Waals surface area contributed by atoms with Crippen molar-refractivity contribution >= 4 is 23.6 Å². The van der Waals surface area contributed by atoms with Crippen molar-refractivity contribution in [3.8, 4) is 5.75 Å². The van der Waals surface area contributed by atoms with Gasteiger partial charge in [-0.15, -0.1) is 11.8 Å². The molecular weight excluding hydrogens is 396 g/mol. The number of hydrogen-bond donors (Lipinski definition) is 1. The first kappa shape index (κ1) is 23.8. The monoisotopic (exact) mass is 428 g/mol. The lowest BCUT2D eigenvalue weighted by Gasteiger charge is -2.29. The van der Waals surface area contributed by atoms with E-state index in [2.05, 4.69) is 36.5 Å². The van der Waals surface area contributed by atoms with Crippen LogP contribution in [-0.2, 0) is 16.1 Å². The molecule has 1 N–H and O–H groups in total. The number of ether oxygens (including phenoxy) is 1. The number of thioether (sulfide) groups is 1. The Morgan fingerprint density at radius 2 is 1.67 bits per heavy atom. The number of methoxy groups -OCH3 is 1. The van der Waals surface area contributed by atoms with Crippen molar-refractivity contribution in [1.82, 2.24) is 10.2 Å². The summed E-state index contributed by atoms with van der Waals surface area (Å²) in [5, 5.41) is 2.91. The zero-order chi connectivity index (χ0) is 22.1. The molecular formula is C24H32N2O3S. The molecule has 162 valence electrons. The predicted molar refractivity (Wildman–Crippen MR) is 123 cm³/mol. The van der Waals surface area contributed by atoms with E-state index in [1.807, 2.05) is 38.1 Å². The zero-order valence-electron chi connectivity index (χ0n) is 18.5. The van der Waals surface area contributed by atoms with Gasteiger partial charge in [-0.25, -0.2) is 0 Å². The van der Waals surface area contributed by atoms with Gasteiger partial charge in [0.1, 0.15) is 11.8 Å². The quantitative estimate of drug-likeness (QED) is 0.569. The number of nitrogens with one attached hydrogen (secondary N) is 1. The van der Waals surface area contributed by atoms with E-state index in [9.17, 15) is 9.59 Å². The van der Waals surface area contributed by atoms with E-state index in [0.717, 1.165) is 16.2 Å². The van der Waals surface area contributed by atoms with Gasteiger partial charge >= 0.3 is 0 Å². The first-order chi connectivity index (χ1) is 14.3. The lowest BCUT2D eigenvalue weighted by Crippen LogP contribution is -2.49. The molecule has 0 heterocycles. The molecule has 2 aromatic rings. The molecule has 2 amide bonds. The maximum Gasteiger partial charge on any atom is 0.242 e. The van der Waals surface area contributed by atoms with Gasteiger partial charge in [-0.05, 0) is 57.5 Å². The van der Waals surface area contributed by atoms with E-state index in [1.54, 1.807) is 30.7 Å². The van der Waals surface area contributed by atoms with E-state index in [4.69, 9.17) is 4.74 Å². The second-order valence-corrected chi connectivity index (χ2v) is 8.79. The molecule has 0 bridgehead atoms. The number of benzene rings is 2. The molecule has 0 saturated carbocycles. The summed E-state index contributed by atoms with van der Waals surface area (Å²) in [6.07, 6.45) is 0.369. The topological polar surface area (TPSA) is 58.6 Å². The summed E-state index contributed by atoms with van der Waals surface area (Å²) in [5.74, 6) is 1.26. The van der Waals surface area contributed by atoms with Crippen LogP contribution in [0.1, 0.15) is 38.3 Å². The molecule has 0 fully saturated rings. The summed E-state index contributed by atoms with van der Waals surface area (Å²) < 4.78 is 5.21. The van der Waals surface area contributed by atoms with Gasteiger partial charge in [-0.1, -0.05) is 29.8 Å². The van der Waals surface area contributed by atoms with Crippen LogP contribution in [0.4, 0.5) is 0 Å². The summed E-state index contributed by atoms with van der Waals surface area (Å²) in [7, 11) is 1.62. The maximum atomic E-state index is 13.1. The first-order valence-corrected chi connectivity index (χ1v) is 11.2. The highest BCUT2D eigenvalue weighted by Crippen LogP contribution is 2.21. The van der Waals surface area contributed by atoms with Gasteiger partial charge in [0.2, 0.25) is 11.8 Å². The van der Waals surface area contributed by atoms with E-state index in [0.29, 0.717) is 18.7 Å². The Labute approximate surface area is 184 Å². The van der Waals surface area contributed by atoms with Gasteiger partial charge in [-0.3, -0.25) is 9.59 Å². The van der Waals surface area contributed by atoms with Crippen molar-refractivity contribution in [3.63, 3.8) is 0 Å². The Morgan fingerprint density at radius 3 is 2.23 bits per heavy atom. The van der Waals surface area contributed by atoms with Crippen molar-refractivity contribution < 1.29 is 14.3 Å². The fourth-order valence-corrected chi connectivity index (χ4v) is 3.79. The Hall–Kier alpha value is -2.47. The van der Waals surface area contributed by atoms with Crippen LogP contribution in [0, 0.1) is 6.92 Å². The summed E-state index contributed by atoms with van der Waals surface area (Å²) in [4.78, 5) is 28.4. The number of amides is 2. The molecule has 5 nitrogen and oxygen atoms in total. The number of carbonyl (C=O) groups excluding carboxylic acids is 2. The van der Waals surface area contributed by atoms with E-state index >= 15 is 0 Å². The van der Waals surface area contributed by atoms with Gasteiger partial charge in [0.25, 0.3) is 0 Å². The average molecular weight is 429 g/mol. The summed E-state index contributed by atoms with van der Waals surface area (Å²) in [5.41, 5.74) is 2.17.